The maximum atomic E-state index is 14.8. The Morgan fingerprint density at radius 1 is 1.18 bits per heavy atom. The minimum atomic E-state index is -1.18. The highest BCUT2D eigenvalue weighted by molar-refractivity contribution is 5.93. The van der Waals surface area contributed by atoms with Gasteiger partial charge in [-0.2, -0.15) is 0 Å². The number of benzene rings is 2. The van der Waals surface area contributed by atoms with Gasteiger partial charge in [0.1, 0.15) is 11.5 Å². The Labute approximate surface area is 199 Å². The number of halogens is 2. The van der Waals surface area contributed by atoms with Crippen LogP contribution in [0.4, 0.5) is 8.78 Å². The van der Waals surface area contributed by atoms with Gasteiger partial charge in [0.25, 0.3) is 5.91 Å². The second kappa shape index (κ2) is 9.84. The number of hydroxylamine groups is 1. The summed E-state index contributed by atoms with van der Waals surface area (Å²) in [6, 6.07) is 12.5. The van der Waals surface area contributed by atoms with E-state index < -0.39 is 17.4 Å². The smallest absolute Gasteiger partial charge is 0.274 e. The molecule has 0 bridgehead atoms. The molecule has 182 valence electrons. The molecule has 1 saturated heterocycles. The number of nitrogens with zero attached hydrogens (tertiary/aromatic N) is 2. The molecule has 0 spiro atoms. The average Bonchev–Trinajstić information content (AvgIpc) is 3.06. The minimum absolute atomic E-state index is 0.0744. The zero-order valence-corrected chi connectivity index (χ0v) is 20.1. The van der Waals surface area contributed by atoms with Gasteiger partial charge in [-0.15, -0.1) is 0 Å². The molecular formula is C27H33F2N3O2. The van der Waals surface area contributed by atoms with Crippen molar-refractivity contribution in [2.75, 3.05) is 19.6 Å². The van der Waals surface area contributed by atoms with Crippen LogP contribution in [-0.2, 0) is 13.0 Å². The van der Waals surface area contributed by atoms with Gasteiger partial charge in [0.05, 0.1) is 0 Å². The van der Waals surface area contributed by atoms with Gasteiger partial charge in [0, 0.05) is 41.7 Å². The van der Waals surface area contributed by atoms with Gasteiger partial charge < -0.3 is 9.47 Å². The van der Waals surface area contributed by atoms with Crippen LogP contribution in [0.3, 0.4) is 0 Å². The van der Waals surface area contributed by atoms with Crippen LogP contribution in [0, 0.1) is 18.7 Å². The molecule has 0 radical (unpaired) electrons. The number of nitrogens with one attached hydrogen (secondary N) is 1. The van der Waals surface area contributed by atoms with E-state index in [9.17, 15) is 13.6 Å². The second-order valence-corrected chi connectivity index (χ2v) is 10.1. The first kappa shape index (κ1) is 24.4. The number of piperidine rings is 1. The molecule has 1 fully saturated rings. The number of para-hydroxylation sites is 1. The zero-order valence-electron chi connectivity index (χ0n) is 20.1. The van der Waals surface area contributed by atoms with Crippen molar-refractivity contribution in [3.05, 3.63) is 70.7 Å². The molecule has 7 heteroatoms. The number of hydrogen-bond acceptors (Lipinski definition) is 3. The molecule has 4 rings (SSSR count). The zero-order chi connectivity index (χ0) is 24.5. The molecule has 34 heavy (non-hydrogen) atoms. The van der Waals surface area contributed by atoms with Crippen LogP contribution in [0.25, 0.3) is 10.9 Å². The molecule has 2 aromatic carbocycles. The summed E-state index contributed by atoms with van der Waals surface area (Å²) in [6.45, 7) is 8.52. The number of hydrogen-bond donors (Lipinski definition) is 2. The maximum Gasteiger partial charge on any atom is 0.274 e. The van der Waals surface area contributed by atoms with Crippen molar-refractivity contribution in [3.63, 3.8) is 0 Å². The molecule has 1 aliphatic heterocycles. The summed E-state index contributed by atoms with van der Waals surface area (Å²) >= 11 is 0. The largest absolute Gasteiger partial charge is 0.344 e. The quantitative estimate of drug-likeness (QED) is 0.367. The number of aromatic nitrogens is 1. The molecule has 2 N–H and O–H groups in total. The van der Waals surface area contributed by atoms with Crippen LogP contribution in [0.1, 0.15) is 53.9 Å². The Balaban J connectivity index is 1.56. The van der Waals surface area contributed by atoms with Gasteiger partial charge in [-0.3, -0.25) is 10.0 Å². The molecule has 5 nitrogen and oxygen atoms in total. The molecule has 3 aromatic rings. The summed E-state index contributed by atoms with van der Waals surface area (Å²) in [5, 5.41) is 9.90. The molecule has 1 amide bonds. The Morgan fingerprint density at radius 2 is 1.88 bits per heavy atom. The molecule has 2 heterocycles. The molecule has 0 aliphatic carbocycles. The highest BCUT2D eigenvalue weighted by atomic mass is 19.1. The predicted molar refractivity (Wildman–Crippen MR) is 129 cm³/mol. The number of likely N-dealkylation sites (tertiary alicyclic amines) is 1. The summed E-state index contributed by atoms with van der Waals surface area (Å²) < 4.78 is 31.2. The van der Waals surface area contributed by atoms with E-state index in [1.54, 1.807) is 19.9 Å². The summed E-state index contributed by atoms with van der Waals surface area (Å²) in [5.41, 5.74) is 4.27. The van der Waals surface area contributed by atoms with E-state index in [4.69, 9.17) is 5.21 Å². The number of amides is 1. The van der Waals surface area contributed by atoms with Crippen LogP contribution in [0.2, 0.25) is 0 Å². The third-order valence-corrected chi connectivity index (χ3v) is 6.89. The van der Waals surface area contributed by atoms with Gasteiger partial charge in [-0.25, -0.2) is 14.3 Å². The molecule has 0 saturated carbocycles. The topological polar surface area (TPSA) is 57.5 Å². The first-order valence-electron chi connectivity index (χ1n) is 11.9. The fourth-order valence-electron chi connectivity index (χ4n) is 5.17. The third kappa shape index (κ3) is 5.31. The highest BCUT2D eigenvalue weighted by Crippen LogP contribution is 2.31. The molecular weight excluding hydrogens is 436 g/mol. The number of fused-ring (bicyclic) bond motifs is 1. The lowest BCUT2D eigenvalue weighted by molar-refractivity contribution is 0.0706. The van der Waals surface area contributed by atoms with Crippen molar-refractivity contribution in [1.82, 2.24) is 14.9 Å². The van der Waals surface area contributed by atoms with Crippen molar-refractivity contribution in [2.45, 2.75) is 52.2 Å². The number of rotatable bonds is 7. The highest BCUT2D eigenvalue weighted by Gasteiger charge is 2.26. The Kier molecular flexibility index (Phi) is 7.05. The monoisotopic (exact) mass is 469 g/mol. The van der Waals surface area contributed by atoms with Crippen LogP contribution >= 0.6 is 0 Å². The molecule has 1 aliphatic rings. The van der Waals surface area contributed by atoms with Gasteiger partial charge in [-0.1, -0.05) is 24.3 Å². The van der Waals surface area contributed by atoms with Crippen molar-refractivity contribution < 1.29 is 18.8 Å². The standard InChI is InChI=1S/C27H33F2N3O2/c1-18-23(14-20-8-9-21(15-24(20)28)26(33)30-34)22-6-4-5-7-25(22)32(18)16-19-10-12-31(13-11-19)17-27(2,3)29/h4-9,15,19,34H,10-14,16-17H2,1-3H3,(H,30,33). The summed E-state index contributed by atoms with van der Waals surface area (Å²) in [5.74, 6) is -0.700. The fraction of sp³-hybridized carbons (Fsp3) is 0.444. The number of alkyl halides is 1. The first-order valence-corrected chi connectivity index (χ1v) is 11.9. The van der Waals surface area contributed by atoms with E-state index in [-0.39, 0.29) is 5.56 Å². The van der Waals surface area contributed by atoms with Crippen LogP contribution in [-0.4, -0.2) is 45.9 Å². The Hall–Kier alpha value is -2.77. The van der Waals surface area contributed by atoms with Gasteiger partial charge in [-0.05, 0) is 81.9 Å². The second-order valence-electron chi connectivity index (χ2n) is 10.1. The van der Waals surface area contributed by atoms with E-state index in [1.165, 1.54) is 11.5 Å². The SMILES string of the molecule is Cc1c(Cc2ccc(C(=O)NO)cc2F)c2ccccc2n1CC1CCN(CC(C)(C)F)CC1. The third-order valence-electron chi connectivity index (χ3n) is 6.89. The lowest BCUT2D eigenvalue weighted by atomic mass is 9.95. The normalized spacial score (nSPS) is 15.7. The lowest BCUT2D eigenvalue weighted by Gasteiger charge is -2.34. The lowest BCUT2D eigenvalue weighted by Crippen LogP contribution is -2.41. The van der Waals surface area contributed by atoms with Gasteiger partial charge in [0.2, 0.25) is 0 Å². The molecule has 1 aromatic heterocycles. The summed E-state index contributed by atoms with van der Waals surface area (Å²) in [7, 11) is 0. The summed E-state index contributed by atoms with van der Waals surface area (Å²) in [6.07, 6.45) is 2.47. The van der Waals surface area contributed by atoms with Crippen LogP contribution in [0.15, 0.2) is 42.5 Å². The van der Waals surface area contributed by atoms with Gasteiger partial charge in [0.15, 0.2) is 0 Å². The average molecular weight is 470 g/mol. The molecule has 0 unspecified atom stereocenters. The Bertz CT molecular complexity index is 1170. The number of carbonyl (C=O) groups excluding carboxylic acids is 1. The van der Waals surface area contributed by atoms with Crippen molar-refractivity contribution in [3.8, 4) is 0 Å². The van der Waals surface area contributed by atoms with Gasteiger partial charge >= 0.3 is 0 Å². The fourth-order valence-corrected chi connectivity index (χ4v) is 5.17. The van der Waals surface area contributed by atoms with E-state index in [0.29, 0.717) is 24.4 Å². The van der Waals surface area contributed by atoms with E-state index in [1.807, 2.05) is 12.1 Å². The molecule has 0 atom stereocenters. The minimum Gasteiger partial charge on any atom is -0.344 e. The van der Waals surface area contributed by atoms with Crippen molar-refractivity contribution in [2.24, 2.45) is 5.92 Å². The van der Waals surface area contributed by atoms with Crippen molar-refractivity contribution in [1.29, 1.82) is 0 Å². The van der Waals surface area contributed by atoms with Crippen LogP contribution in [0.5, 0.6) is 0 Å². The first-order chi connectivity index (χ1) is 16.2. The van der Waals surface area contributed by atoms with E-state index in [2.05, 4.69) is 28.5 Å². The predicted octanol–water partition coefficient (Wildman–Crippen LogP) is 5.26. The number of carbonyl (C=O) groups is 1. The van der Waals surface area contributed by atoms with Crippen molar-refractivity contribution >= 4 is 16.8 Å². The maximum absolute atomic E-state index is 14.8. The van der Waals surface area contributed by atoms with Crippen LogP contribution < -0.4 is 5.48 Å². The van der Waals surface area contributed by atoms with E-state index >= 15 is 0 Å². The van der Waals surface area contributed by atoms with E-state index in [0.717, 1.165) is 60.7 Å². The Morgan fingerprint density at radius 3 is 2.53 bits per heavy atom. The summed E-state index contributed by atoms with van der Waals surface area (Å²) in [4.78, 5) is 13.8.